The molecule has 0 unspecified atom stereocenters. The van der Waals surface area contributed by atoms with Crippen molar-refractivity contribution < 1.29 is 9.53 Å². The molecule has 0 saturated heterocycles. The number of rotatable bonds is 5. The molecule has 0 spiro atoms. The summed E-state index contributed by atoms with van der Waals surface area (Å²) in [5, 5.41) is 6.36. The van der Waals surface area contributed by atoms with Gasteiger partial charge in [0.25, 0.3) is 0 Å². The lowest BCUT2D eigenvalue weighted by atomic mass is 10.3. The Morgan fingerprint density at radius 1 is 1.20 bits per heavy atom. The first-order valence-electron chi connectivity index (χ1n) is 5.97. The normalized spacial score (nSPS) is 9.90. The maximum Gasteiger partial charge on any atom is 0.243 e. The predicted octanol–water partition coefficient (Wildman–Crippen LogP) is 2.79. The smallest absolute Gasteiger partial charge is 0.243 e. The maximum atomic E-state index is 11.7. The van der Waals surface area contributed by atoms with Crippen LogP contribution in [0.3, 0.4) is 0 Å². The molecule has 1 heterocycles. The molecule has 6 heteroatoms. The van der Waals surface area contributed by atoms with E-state index < -0.39 is 0 Å². The fraction of sp³-hybridized carbons (Fsp3) is 0.143. The number of nitrogens with one attached hydrogen (secondary N) is 2. The summed E-state index contributed by atoms with van der Waals surface area (Å²) in [6, 6.07) is 10.4. The minimum atomic E-state index is -0.150. The number of hydrogen-bond donors (Lipinski definition) is 2. The van der Waals surface area contributed by atoms with E-state index in [-0.39, 0.29) is 12.5 Å². The predicted molar refractivity (Wildman–Crippen MR) is 79.4 cm³/mol. The van der Waals surface area contributed by atoms with E-state index in [9.17, 15) is 4.79 Å². The number of nitrogens with zero attached hydrogens (tertiary/aromatic N) is 1. The summed E-state index contributed by atoms with van der Waals surface area (Å²) in [4.78, 5) is 15.8. The molecule has 20 heavy (non-hydrogen) atoms. The number of anilines is 2. The zero-order valence-corrected chi connectivity index (χ0v) is 11.6. The summed E-state index contributed by atoms with van der Waals surface area (Å²) in [6.45, 7) is 0.149. The number of carbonyl (C=O) groups excluding carboxylic acids is 1. The Hall–Kier alpha value is -2.27. The third-order valence-electron chi connectivity index (χ3n) is 2.53. The van der Waals surface area contributed by atoms with Crippen LogP contribution in [0.5, 0.6) is 5.88 Å². The molecule has 1 aromatic carbocycles. The second-order valence-corrected chi connectivity index (χ2v) is 4.43. The molecule has 0 aliphatic rings. The van der Waals surface area contributed by atoms with Crippen molar-refractivity contribution in [3.8, 4) is 5.88 Å². The average molecular weight is 292 g/mol. The van der Waals surface area contributed by atoms with Gasteiger partial charge in [0, 0.05) is 16.8 Å². The van der Waals surface area contributed by atoms with Gasteiger partial charge in [0.05, 0.1) is 25.5 Å². The van der Waals surface area contributed by atoms with Gasteiger partial charge in [-0.15, -0.1) is 0 Å². The number of carbonyl (C=O) groups is 1. The second-order valence-electron chi connectivity index (χ2n) is 4.00. The maximum absolute atomic E-state index is 11.7. The Labute approximate surface area is 121 Å². The van der Waals surface area contributed by atoms with Crippen molar-refractivity contribution in [3.63, 3.8) is 0 Å². The molecule has 2 rings (SSSR count). The van der Waals surface area contributed by atoms with Crippen LogP contribution in [0.2, 0.25) is 5.02 Å². The second kappa shape index (κ2) is 6.77. The van der Waals surface area contributed by atoms with Gasteiger partial charge in [-0.05, 0) is 30.3 Å². The first-order chi connectivity index (χ1) is 9.67. The summed E-state index contributed by atoms with van der Waals surface area (Å²) >= 11 is 5.77. The van der Waals surface area contributed by atoms with E-state index in [1.807, 2.05) is 0 Å². The third kappa shape index (κ3) is 4.13. The Bertz CT molecular complexity index is 570. The monoisotopic (exact) mass is 291 g/mol. The van der Waals surface area contributed by atoms with E-state index in [0.29, 0.717) is 16.6 Å². The van der Waals surface area contributed by atoms with Gasteiger partial charge in [0.1, 0.15) is 0 Å². The first kappa shape index (κ1) is 14.1. The number of aromatic nitrogens is 1. The highest BCUT2D eigenvalue weighted by Crippen LogP contribution is 2.13. The zero-order chi connectivity index (χ0) is 14.4. The summed E-state index contributed by atoms with van der Waals surface area (Å²) in [5.74, 6) is 0.379. The molecule has 1 aromatic heterocycles. The molecule has 0 saturated carbocycles. The lowest BCUT2D eigenvalue weighted by molar-refractivity contribution is -0.114. The number of amides is 1. The van der Waals surface area contributed by atoms with Crippen LogP contribution in [0.1, 0.15) is 0 Å². The first-order valence-corrected chi connectivity index (χ1v) is 6.34. The van der Waals surface area contributed by atoms with Gasteiger partial charge in [-0.25, -0.2) is 4.98 Å². The van der Waals surface area contributed by atoms with Gasteiger partial charge in [0.15, 0.2) is 0 Å². The van der Waals surface area contributed by atoms with Crippen LogP contribution in [-0.4, -0.2) is 24.5 Å². The van der Waals surface area contributed by atoms with Gasteiger partial charge in [-0.3, -0.25) is 4.79 Å². The topological polar surface area (TPSA) is 63.2 Å². The Balaban J connectivity index is 1.83. The third-order valence-corrected chi connectivity index (χ3v) is 2.78. The van der Waals surface area contributed by atoms with Gasteiger partial charge in [-0.1, -0.05) is 11.6 Å². The van der Waals surface area contributed by atoms with Crippen molar-refractivity contribution in [3.05, 3.63) is 47.6 Å². The van der Waals surface area contributed by atoms with Crippen LogP contribution in [0, 0.1) is 0 Å². The lowest BCUT2D eigenvalue weighted by Gasteiger charge is -2.08. The van der Waals surface area contributed by atoms with Crippen molar-refractivity contribution in [1.82, 2.24) is 4.98 Å². The summed E-state index contributed by atoms with van der Waals surface area (Å²) < 4.78 is 4.95. The molecule has 5 nitrogen and oxygen atoms in total. The lowest BCUT2D eigenvalue weighted by Crippen LogP contribution is -2.21. The van der Waals surface area contributed by atoms with Crippen molar-refractivity contribution in [1.29, 1.82) is 0 Å². The standard InChI is InChI=1S/C14H14ClN3O2/c1-20-14-7-6-12(8-17-14)16-9-13(19)18-11-4-2-10(15)3-5-11/h2-8,16H,9H2,1H3,(H,18,19). The quantitative estimate of drug-likeness (QED) is 0.889. The van der Waals surface area contributed by atoms with Crippen molar-refractivity contribution in [2.75, 3.05) is 24.3 Å². The van der Waals surface area contributed by atoms with Gasteiger partial charge in [-0.2, -0.15) is 0 Å². The molecule has 1 amide bonds. The summed E-state index contributed by atoms with van der Waals surface area (Å²) in [6.07, 6.45) is 1.61. The number of benzene rings is 1. The van der Waals surface area contributed by atoms with Crippen molar-refractivity contribution in [2.24, 2.45) is 0 Å². The van der Waals surface area contributed by atoms with Crippen LogP contribution in [0.25, 0.3) is 0 Å². The number of ether oxygens (including phenoxy) is 1. The fourth-order valence-electron chi connectivity index (χ4n) is 1.53. The van der Waals surface area contributed by atoms with E-state index in [0.717, 1.165) is 5.69 Å². The highest BCUT2D eigenvalue weighted by molar-refractivity contribution is 6.30. The fourth-order valence-corrected chi connectivity index (χ4v) is 1.65. The number of hydrogen-bond acceptors (Lipinski definition) is 4. The highest BCUT2D eigenvalue weighted by Gasteiger charge is 2.02. The molecule has 0 atom stereocenters. The SMILES string of the molecule is COc1ccc(NCC(=O)Nc2ccc(Cl)cc2)cn1. The van der Waals surface area contributed by atoms with Crippen LogP contribution in [0.4, 0.5) is 11.4 Å². The molecular formula is C14H14ClN3O2. The Morgan fingerprint density at radius 3 is 2.50 bits per heavy atom. The van der Waals surface area contributed by atoms with Crippen LogP contribution in [-0.2, 0) is 4.79 Å². The minimum Gasteiger partial charge on any atom is -0.481 e. The average Bonchev–Trinajstić information content (AvgIpc) is 2.48. The Kier molecular flexibility index (Phi) is 4.79. The van der Waals surface area contributed by atoms with Crippen molar-refractivity contribution >= 4 is 28.9 Å². The number of pyridine rings is 1. The molecule has 104 valence electrons. The van der Waals surface area contributed by atoms with E-state index in [2.05, 4.69) is 15.6 Å². The zero-order valence-electron chi connectivity index (χ0n) is 10.9. The highest BCUT2D eigenvalue weighted by atomic mass is 35.5. The molecule has 0 bridgehead atoms. The van der Waals surface area contributed by atoms with E-state index >= 15 is 0 Å². The largest absolute Gasteiger partial charge is 0.481 e. The van der Waals surface area contributed by atoms with Gasteiger partial charge < -0.3 is 15.4 Å². The van der Waals surface area contributed by atoms with Crippen LogP contribution >= 0.6 is 11.6 Å². The van der Waals surface area contributed by atoms with Crippen LogP contribution < -0.4 is 15.4 Å². The van der Waals surface area contributed by atoms with Crippen LogP contribution in [0.15, 0.2) is 42.6 Å². The van der Waals surface area contributed by atoms with Gasteiger partial charge in [0.2, 0.25) is 11.8 Å². The number of halogens is 1. The molecule has 0 aliphatic carbocycles. The molecular weight excluding hydrogens is 278 g/mol. The summed E-state index contributed by atoms with van der Waals surface area (Å²) in [5.41, 5.74) is 1.45. The van der Waals surface area contributed by atoms with Gasteiger partial charge >= 0.3 is 0 Å². The molecule has 0 fully saturated rings. The van der Waals surface area contributed by atoms with E-state index in [1.54, 1.807) is 49.7 Å². The number of methoxy groups -OCH3 is 1. The van der Waals surface area contributed by atoms with E-state index in [4.69, 9.17) is 16.3 Å². The minimum absolute atomic E-state index is 0.149. The molecule has 2 aromatic rings. The molecule has 2 N–H and O–H groups in total. The molecule has 0 aliphatic heterocycles. The Morgan fingerprint density at radius 2 is 1.90 bits per heavy atom. The van der Waals surface area contributed by atoms with E-state index in [1.165, 1.54) is 0 Å². The van der Waals surface area contributed by atoms with Crippen molar-refractivity contribution in [2.45, 2.75) is 0 Å². The summed E-state index contributed by atoms with van der Waals surface area (Å²) in [7, 11) is 1.55. The molecule has 0 radical (unpaired) electrons.